The summed E-state index contributed by atoms with van der Waals surface area (Å²) < 4.78 is 4.91. The van der Waals surface area contributed by atoms with Gasteiger partial charge in [-0.1, -0.05) is 5.16 Å². The van der Waals surface area contributed by atoms with E-state index in [0.717, 1.165) is 0 Å². The third kappa shape index (κ3) is 4.88. The van der Waals surface area contributed by atoms with Crippen molar-refractivity contribution in [1.29, 1.82) is 0 Å². The van der Waals surface area contributed by atoms with Crippen LogP contribution < -0.4 is 11.1 Å². The van der Waals surface area contributed by atoms with Crippen LogP contribution in [0.1, 0.15) is 31.5 Å². The molecule has 1 rings (SSSR count). The van der Waals surface area contributed by atoms with Gasteiger partial charge in [-0.25, -0.2) is 0 Å². The Labute approximate surface area is 94.6 Å². The second-order valence-corrected chi connectivity index (χ2v) is 3.85. The summed E-state index contributed by atoms with van der Waals surface area (Å²) in [5.74, 6) is 1.16. The summed E-state index contributed by atoms with van der Waals surface area (Å²) in [4.78, 5) is 15.3. The van der Waals surface area contributed by atoms with Crippen LogP contribution in [0, 0.1) is 6.92 Å². The van der Waals surface area contributed by atoms with Gasteiger partial charge in [-0.05, 0) is 20.3 Å². The molecule has 1 unspecified atom stereocenters. The lowest BCUT2D eigenvalue weighted by atomic mass is 10.2. The molecule has 1 aromatic rings. The minimum absolute atomic E-state index is 0.00790. The van der Waals surface area contributed by atoms with Gasteiger partial charge in [0.25, 0.3) is 0 Å². The number of aromatic nitrogens is 2. The molecule has 6 heteroatoms. The van der Waals surface area contributed by atoms with Gasteiger partial charge < -0.3 is 15.6 Å². The first-order valence-corrected chi connectivity index (χ1v) is 5.39. The summed E-state index contributed by atoms with van der Waals surface area (Å²) in [6.07, 6.45) is 1.72. The monoisotopic (exact) mass is 226 g/mol. The lowest BCUT2D eigenvalue weighted by molar-refractivity contribution is -0.121. The summed E-state index contributed by atoms with van der Waals surface area (Å²) in [6.45, 7) is 4.15. The molecule has 0 aliphatic heterocycles. The van der Waals surface area contributed by atoms with Gasteiger partial charge in [-0.3, -0.25) is 4.79 Å². The van der Waals surface area contributed by atoms with E-state index in [9.17, 15) is 4.79 Å². The predicted octanol–water partition coefficient (Wildman–Crippen LogP) is 0.164. The smallest absolute Gasteiger partial charge is 0.228 e. The molecular formula is C10H18N4O2. The predicted molar refractivity (Wildman–Crippen MR) is 58.6 cm³/mol. The topological polar surface area (TPSA) is 94.0 Å². The highest BCUT2D eigenvalue weighted by atomic mass is 16.5. The molecular weight excluding hydrogens is 208 g/mol. The van der Waals surface area contributed by atoms with E-state index in [-0.39, 0.29) is 11.9 Å². The lowest BCUT2D eigenvalue weighted by Crippen LogP contribution is -2.27. The summed E-state index contributed by atoms with van der Waals surface area (Å²) in [7, 11) is 0. The Hall–Kier alpha value is -1.43. The van der Waals surface area contributed by atoms with Crippen molar-refractivity contribution in [1.82, 2.24) is 15.5 Å². The van der Waals surface area contributed by atoms with E-state index in [1.807, 2.05) is 6.92 Å². The lowest BCUT2D eigenvalue weighted by Gasteiger charge is -2.05. The van der Waals surface area contributed by atoms with Crippen LogP contribution in [0.3, 0.4) is 0 Å². The van der Waals surface area contributed by atoms with Crippen molar-refractivity contribution < 1.29 is 9.32 Å². The van der Waals surface area contributed by atoms with Crippen LogP contribution in [0.15, 0.2) is 4.52 Å². The van der Waals surface area contributed by atoms with Crippen molar-refractivity contribution in [3.63, 3.8) is 0 Å². The molecule has 0 aromatic carbocycles. The molecule has 0 fully saturated rings. The number of nitrogens with zero attached hydrogens (tertiary/aromatic N) is 2. The Kier molecular flexibility index (Phi) is 4.91. The van der Waals surface area contributed by atoms with Crippen molar-refractivity contribution in [3.8, 4) is 0 Å². The van der Waals surface area contributed by atoms with Crippen LogP contribution in [0.5, 0.6) is 0 Å². The standard InChI is InChI=1S/C10H18N4O2/c1-7(11)3-4-9(15)12-6-5-10-13-8(2)14-16-10/h7H,3-6,11H2,1-2H3,(H,12,15). The number of hydrogen-bond donors (Lipinski definition) is 2. The second kappa shape index (κ2) is 6.22. The van der Waals surface area contributed by atoms with Crippen LogP contribution in [-0.4, -0.2) is 28.6 Å². The van der Waals surface area contributed by atoms with E-state index >= 15 is 0 Å². The number of aryl methyl sites for hydroxylation is 1. The van der Waals surface area contributed by atoms with Gasteiger partial charge in [0.15, 0.2) is 5.82 Å². The molecule has 16 heavy (non-hydrogen) atoms. The minimum Gasteiger partial charge on any atom is -0.356 e. The molecule has 1 aromatic heterocycles. The van der Waals surface area contributed by atoms with E-state index in [1.165, 1.54) is 0 Å². The Morgan fingerprint density at radius 2 is 2.38 bits per heavy atom. The van der Waals surface area contributed by atoms with Gasteiger partial charge >= 0.3 is 0 Å². The van der Waals surface area contributed by atoms with E-state index in [2.05, 4.69) is 15.5 Å². The molecule has 3 N–H and O–H groups in total. The van der Waals surface area contributed by atoms with Crippen molar-refractivity contribution >= 4 is 5.91 Å². The Balaban J connectivity index is 2.13. The normalized spacial score (nSPS) is 12.4. The average molecular weight is 226 g/mol. The van der Waals surface area contributed by atoms with Gasteiger partial charge in [0, 0.05) is 25.4 Å². The quantitative estimate of drug-likeness (QED) is 0.720. The first-order chi connectivity index (χ1) is 7.58. The van der Waals surface area contributed by atoms with Crippen molar-refractivity contribution in [2.75, 3.05) is 6.54 Å². The minimum atomic E-state index is 0.00790. The van der Waals surface area contributed by atoms with E-state index in [0.29, 0.717) is 37.5 Å². The number of nitrogens with two attached hydrogens (primary N) is 1. The number of rotatable bonds is 6. The Morgan fingerprint density at radius 1 is 1.62 bits per heavy atom. The number of nitrogens with one attached hydrogen (secondary N) is 1. The Bertz CT molecular complexity index is 335. The first-order valence-electron chi connectivity index (χ1n) is 5.39. The molecule has 90 valence electrons. The maximum Gasteiger partial charge on any atom is 0.228 e. The van der Waals surface area contributed by atoms with Gasteiger partial charge in [0.2, 0.25) is 11.8 Å². The third-order valence-corrected chi connectivity index (χ3v) is 2.06. The third-order valence-electron chi connectivity index (χ3n) is 2.06. The number of amides is 1. The number of carbonyl (C=O) groups is 1. The van der Waals surface area contributed by atoms with Gasteiger partial charge in [0.1, 0.15) is 0 Å². The van der Waals surface area contributed by atoms with E-state index in [4.69, 9.17) is 10.3 Å². The largest absolute Gasteiger partial charge is 0.356 e. The highest BCUT2D eigenvalue weighted by molar-refractivity contribution is 5.75. The fourth-order valence-corrected chi connectivity index (χ4v) is 1.20. The van der Waals surface area contributed by atoms with Crippen LogP contribution in [-0.2, 0) is 11.2 Å². The van der Waals surface area contributed by atoms with E-state index in [1.54, 1.807) is 6.92 Å². The summed E-state index contributed by atoms with van der Waals surface area (Å²) in [5, 5.41) is 6.43. The number of carbonyl (C=O) groups excluding carboxylic acids is 1. The maximum atomic E-state index is 11.3. The summed E-state index contributed by atoms with van der Waals surface area (Å²) in [5.41, 5.74) is 5.55. The molecule has 0 saturated carbocycles. The fraction of sp³-hybridized carbons (Fsp3) is 0.700. The second-order valence-electron chi connectivity index (χ2n) is 3.85. The summed E-state index contributed by atoms with van der Waals surface area (Å²) in [6, 6.07) is 0.0596. The molecule has 1 amide bonds. The van der Waals surface area contributed by atoms with Crippen LogP contribution in [0.2, 0.25) is 0 Å². The maximum absolute atomic E-state index is 11.3. The van der Waals surface area contributed by atoms with Gasteiger partial charge in [-0.15, -0.1) is 0 Å². The van der Waals surface area contributed by atoms with E-state index < -0.39 is 0 Å². The zero-order valence-corrected chi connectivity index (χ0v) is 9.69. The van der Waals surface area contributed by atoms with Gasteiger partial charge in [0.05, 0.1) is 0 Å². The van der Waals surface area contributed by atoms with Crippen molar-refractivity contribution in [3.05, 3.63) is 11.7 Å². The fourth-order valence-electron chi connectivity index (χ4n) is 1.20. The molecule has 0 radical (unpaired) electrons. The van der Waals surface area contributed by atoms with Gasteiger partial charge in [-0.2, -0.15) is 4.98 Å². The molecule has 0 saturated heterocycles. The van der Waals surface area contributed by atoms with Crippen molar-refractivity contribution in [2.45, 2.75) is 39.2 Å². The molecule has 1 atom stereocenters. The highest BCUT2D eigenvalue weighted by Gasteiger charge is 2.05. The molecule has 0 aliphatic carbocycles. The molecule has 6 nitrogen and oxygen atoms in total. The Morgan fingerprint density at radius 3 is 2.94 bits per heavy atom. The molecule has 0 spiro atoms. The summed E-state index contributed by atoms with van der Waals surface area (Å²) >= 11 is 0. The average Bonchev–Trinajstić information content (AvgIpc) is 2.61. The van der Waals surface area contributed by atoms with Crippen LogP contribution in [0.4, 0.5) is 0 Å². The number of hydrogen-bond acceptors (Lipinski definition) is 5. The zero-order valence-electron chi connectivity index (χ0n) is 9.69. The molecule has 0 aliphatic rings. The molecule has 1 heterocycles. The highest BCUT2D eigenvalue weighted by Crippen LogP contribution is 1.96. The first kappa shape index (κ1) is 12.6. The van der Waals surface area contributed by atoms with Crippen LogP contribution >= 0.6 is 0 Å². The SMILES string of the molecule is Cc1noc(CCNC(=O)CCC(C)N)n1. The zero-order chi connectivity index (χ0) is 12.0. The van der Waals surface area contributed by atoms with Crippen molar-refractivity contribution in [2.24, 2.45) is 5.73 Å². The molecule has 0 bridgehead atoms. The van der Waals surface area contributed by atoms with Crippen LogP contribution in [0.25, 0.3) is 0 Å².